The van der Waals surface area contributed by atoms with E-state index in [0.29, 0.717) is 11.1 Å². The number of sulfonamides is 1. The molecule has 3 rings (SSSR count). The van der Waals surface area contributed by atoms with Gasteiger partial charge in [0.25, 0.3) is 0 Å². The molecule has 0 unspecified atom stereocenters. The van der Waals surface area contributed by atoms with Crippen molar-refractivity contribution >= 4 is 50.9 Å². The molecule has 3 aromatic carbocycles. The average molecular weight is 505 g/mol. The molecule has 3 aromatic rings. The van der Waals surface area contributed by atoms with E-state index in [4.69, 9.17) is 16.2 Å². The van der Waals surface area contributed by atoms with Gasteiger partial charge in [-0.25, -0.2) is 8.42 Å². The van der Waals surface area contributed by atoms with Crippen LogP contribution in [-0.4, -0.2) is 55.8 Å². The van der Waals surface area contributed by atoms with Crippen LogP contribution in [0.15, 0.2) is 71.6 Å². The largest absolute Gasteiger partial charge is 0.480 e. The SMILES string of the molecule is CN(CC(=O)O)C(=O)[C@H](Cc1cccc(C(=N)N)c1)NS(=O)(=O)c1ccc2ccccc2c1.Cl. The predicted octanol–water partition coefficient (Wildman–Crippen LogP) is 1.98. The van der Waals surface area contributed by atoms with E-state index in [1.807, 2.05) is 12.1 Å². The first-order valence-corrected chi connectivity index (χ1v) is 11.5. The standard InChI is InChI=1S/C23H24N4O5S.ClH/c1-27(14-21(28)29)23(30)20(12-15-5-4-8-18(11-15)22(24)25)26-33(31,32)19-10-9-16-6-2-3-7-17(16)13-19;/h2-11,13,20,26H,12,14H2,1H3,(H3,24,25)(H,28,29);1H/t20-;/m0./s1. The van der Waals surface area contributed by atoms with E-state index in [9.17, 15) is 18.0 Å². The van der Waals surface area contributed by atoms with Crippen LogP contribution in [0.1, 0.15) is 11.1 Å². The van der Waals surface area contributed by atoms with E-state index < -0.39 is 34.5 Å². The number of rotatable bonds is 9. The Bertz CT molecular complexity index is 1330. The fourth-order valence-electron chi connectivity index (χ4n) is 3.42. The topological polar surface area (TPSA) is 154 Å². The molecule has 180 valence electrons. The molecule has 0 aliphatic carbocycles. The number of nitrogen functional groups attached to an aromatic ring is 1. The number of amides is 1. The molecule has 1 atom stereocenters. The number of nitrogens with two attached hydrogens (primary N) is 1. The molecule has 0 aliphatic heterocycles. The maximum absolute atomic E-state index is 13.1. The Kier molecular flexibility index (Phi) is 8.74. The zero-order valence-electron chi connectivity index (χ0n) is 18.3. The molecule has 0 fully saturated rings. The van der Waals surface area contributed by atoms with Gasteiger partial charge in [0, 0.05) is 12.6 Å². The van der Waals surface area contributed by atoms with Gasteiger partial charge in [-0.15, -0.1) is 12.4 Å². The fraction of sp³-hybridized carbons (Fsp3) is 0.174. The summed E-state index contributed by atoms with van der Waals surface area (Å²) in [5, 5.41) is 18.2. The Morgan fingerprint density at radius 1 is 1.06 bits per heavy atom. The summed E-state index contributed by atoms with van der Waals surface area (Å²) in [6.07, 6.45) is -0.0588. The van der Waals surface area contributed by atoms with Crippen LogP contribution < -0.4 is 10.5 Å². The van der Waals surface area contributed by atoms with Gasteiger partial charge in [0.15, 0.2) is 0 Å². The minimum atomic E-state index is -4.12. The molecule has 0 spiro atoms. The van der Waals surface area contributed by atoms with Gasteiger partial charge < -0.3 is 15.7 Å². The van der Waals surface area contributed by atoms with Crippen molar-refractivity contribution in [2.75, 3.05) is 13.6 Å². The van der Waals surface area contributed by atoms with Crippen molar-refractivity contribution in [2.45, 2.75) is 17.4 Å². The van der Waals surface area contributed by atoms with Gasteiger partial charge in [-0.2, -0.15) is 4.72 Å². The van der Waals surface area contributed by atoms with Gasteiger partial charge >= 0.3 is 5.97 Å². The molecule has 5 N–H and O–H groups in total. The second-order valence-electron chi connectivity index (χ2n) is 7.59. The zero-order chi connectivity index (χ0) is 24.2. The summed E-state index contributed by atoms with van der Waals surface area (Å²) >= 11 is 0. The Morgan fingerprint density at radius 2 is 1.74 bits per heavy atom. The van der Waals surface area contributed by atoms with Gasteiger partial charge in [0.05, 0.1) is 4.90 Å². The predicted molar refractivity (Wildman–Crippen MR) is 132 cm³/mol. The number of carbonyl (C=O) groups excluding carboxylic acids is 1. The monoisotopic (exact) mass is 504 g/mol. The molecular formula is C23H25ClN4O5S. The molecule has 0 heterocycles. The summed E-state index contributed by atoms with van der Waals surface area (Å²) < 4.78 is 28.7. The van der Waals surface area contributed by atoms with Crippen LogP contribution >= 0.6 is 12.4 Å². The maximum Gasteiger partial charge on any atom is 0.323 e. The number of carboxylic acid groups (broad SMARTS) is 1. The van der Waals surface area contributed by atoms with Crippen molar-refractivity contribution in [1.82, 2.24) is 9.62 Å². The van der Waals surface area contributed by atoms with Gasteiger partial charge in [-0.1, -0.05) is 48.5 Å². The van der Waals surface area contributed by atoms with Crippen LogP contribution in [0.25, 0.3) is 10.8 Å². The van der Waals surface area contributed by atoms with Crippen molar-refractivity contribution < 1.29 is 23.1 Å². The lowest BCUT2D eigenvalue weighted by atomic mass is 10.0. The lowest BCUT2D eigenvalue weighted by molar-refractivity contribution is -0.144. The molecule has 34 heavy (non-hydrogen) atoms. The molecule has 0 saturated carbocycles. The van der Waals surface area contributed by atoms with Crippen molar-refractivity contribution in [3.63, 3.8) is 0 Å². The summed E-state index contributed by atoms with van der Waals surface area (Å²) in [4.78, 5) is 25.0. The number of carbonyl (C=O) groups is 2. The normalized spacial score (nSPS) is 11.9. The van der Waals surface area contributed by atoms with E-state index in [0.717, 1.165) is 15.7 Å². The molecule has 11 heteroatoms. The van der Waals surface area contributed by atoms with Gasteiger partial charge in [-0.05, 0) is 41.0 Å². The fourth-order valence-corrected chi connectivity index (χ4v) is 4.64. The third-order valence-corrected chi connectivity index (χ3v) is 6.52. The van der Waals surface area contributed by atoms with Gasteiger partial charge in [-0.3, -0.25) is 15.0 Å². The highest BCUT2D eigenvalue weighted by Crippen LogP contribution is 2.20. The summed E-state index contributed by atoms with van der Waals surface area (Å²) in [6.45, 7) is -0.583. The molecular weight excluding hydrogens is 480 g/mol. The van der Waals surface area contributed by atoms with Crippen molar-refractivity contribution in [2.24, 2.45) is 5.73 Å². The summed E-state index contributed by atoms with van der Waals surface area (Å²) in [5.74, 6) is -2.09. The Morgan fingerprint density at radius 3 is 2.38 bits per heavy atom. The van der Waals surface area contributed by atoms with Crippen LogP contribution in [0.3, 0.4) is 0 Å². The van der Waals surface area contributed by atoms with Crippen LogP contribution in [0, 0.1) is 5.41 Å². The third kappa shape index (κ3) is 6.53. The number of halogens is 1. The Hall–Kier alpha value is -3.47. The number of hydrogen-bond acceptors (Lipinski definition) is 5. The van der Waals surface area contributed by atoms with E-state index in [1.165, 1.54) is 19.2 Å². The molecule has 0 saturated heterocycles. The van der Waals surface area contributed by atoms with E-state index in [-0.39, 0.29) is 29.6 Å². The summed E-state index contributed by atoms with van der Waals surface area (Å²) in [5.41, 5.74) is 6.52. The molecule has 9 nitrogen and oxygen atoms in total. The van der Waals surface area contributed by atoms with Crippen LogP contribution in [0.2, 0.25) is 0 Å². The highest BCUT2D eigenvalue weighted by molar-refractivity contribution is 7.89. The van der Waals surface area contributed by atoms with E-state index in [2.05, 4.69) is 4.72 Å². The second kappa shape index (κ2) is 11.1. The lowest BCUT2D eigenvalue weighted by Gasteiger charge is -2.24. The average Bonchev–Trinajstić information content (AvgIpc) is 2.77. The van der Waals surface area contributed by atoms with Crippen molar-refractivity contribution in [3.05, 3.63) is 77.9 Å². The summed E-state index contributed by atoms with van der Waals surface area (Å²) in [6, 6.07) is 17.2. The van der Waals surface area contributed by atoms with Crippen molar-refractivity contribution in [3.8, 4) is 0 Å². The highest BCUT2D eigenvalue weighted by atomic mass is 35.5. The van der Waals surface area contributed by atoms with Crippen LogP contribution in [-0.2, 0) is 26.0 Å². The number of aliphatic carboxylic acids is 1. The van der Waals surface area contributed by atoms with Crippen molar-refractivity contribution in [1.29, 1.82) is 5.41 Å². The number of nitrogens with one attached hydrogen (secondary N) is 2. The van der Waals surface area contributed by atoms with E-state index in [1.54, 1.807) is 42.5 Å². The molecule has 0 bridgehead atoms. The number of likely N-dealkylation sites (N-methyl/N-ethyl adjacent to an activating group) is 1. The van der Waals surface area contributed by atoms with Crippen LogP contribution in [0.5, 0.6) is 0 Å². The second-order valence-corrected chi connectivity index (χ2v) is 9.30. The molecule has 0 aromatic heterocycles. The maximum atomic E-state index is 13.1. The quantitative estimate of drug-likeness (QED) is 0.258. The minimum Gasteiger partial charge on any atom is -0.480 e. The Balaban J connectivity index is 0.00000408. The molecule has 0 aliphatic rings. The minimum absolute atomic E-state index is 0. The van der Waals surface area contributed by atoms with E-state index >= 15 is 0 Å². The molecule has 0 radical (unpaired) electrons. The first-order chi connectivity index (χ1) is 15.6. The number of hydrogen-bond donors (Lipinski definition) is 4. The van der Waals surface area contributed by atoms with Crippen LogP contribution in [0.4, 0.5) is 0 Å². The Labute approximate surface area is 203 Å². The first-order valence-electron chi connectivity index (χ1n) is 9.98. The number of benzene rings is 3. The smallest absolute Gasteiger partial charge is 0.323 e. The van der Waals surface area contributed by atoms with Gasteiger partial charge in [0.1, 0.15) is 18.4 Å². The van der Waals surface area contributed by atoms with Gasteiger partial charge in [0.2, 0.25) is 15.9 Å². The first kappa shape index (κ1) is 26.8. The number of amidine groups is 1. The highest BCUT2D eigenvalue weighted by Gasteiger charge is 2.29. The third-order valence-electron chi connectivity index (χ3n) is 5.05. The lowest BCUT2D eigenvalue weighted by Crippen LogP contribution is -2.49. The number of carboxylic acids is 1. The molecule has 1 amide bonds. The number of nitrogens with zero attached hydrogens (tertiary/aromatic N) is 1. The zero-order valence-corrected chi connectivity index (χ0v) is 19.9. The summed E-state index contributed by atoms with van der Waals surface area (Å²) in [7, 11) is -2.82. The number of fused-ring (bicyclic) bond motifs is 1.